The first kappa shape index (κ1) is 14.2. The van der Waals surface area contributed by atoms with Gasteiger partial charge in [-0.15, -0.1) is 11.8 Å². The lowest BCUT2D eigenvalue weighted by Gasteiger charge is -2.16. The van der Waals surface area contributed by atoms with Crippen molar-refractivity contribution >= 4 is 17.7 Å². The van der Waals surface area contributed by atoms with Crippen molar-refractivity contribution in [3.8, 4) is 6.07 Å². The number of nitrogens with zero attached hydrogens (tertiary/aromatic N) is 1. The van der Waals surface area contributed by atoms with Crippen molar-refractivity contribution in [2.75, 3.05) is 6.54 Å². The van der Waals surface area contributed by atoms with Gasteiger partial charge in [0.25, 0.3) is 0 Å². The number of nitriles is 1. The molecule has 1 amide bonds. The summed E-state index contributed by atoms with van der Waals surface area (Å²) in [5.41, 5.74) is 0.928. The second-order valence-electron chi connectivity index (χ2n) is 4.10. The van der Waals surface area contributed by atoms with Crippen LogP contribution in [0, 0.1) is 11.3 Å². The fourth-order valence-corrected chi connectivity index (χ4v) is 2.83. The molecule has 0 spiro atoms. The van der Waals surface area contributed by atoms with Gasteiger partial charge in [-0.2, -0.15) is 5.26 Å². The predicted molar refractivity (Wildman–Crippen MR) is 80.1 cm³/mol. The molecule has 1 N–H and O–H groups in total. The lowest BCUT2D eigenvalue weighted by atomic mass is 10.1. The molecule has 0 radical (unpaired) electrons. The summed E-state index contributed by atoms with van der Waals surface area (Å²) in [4.78, 5) is 13.2. The Kier molecular flexibility index (Phi) is 5.22. The summed E-state index contributed by atoms with van der Waals surface area (Å²) < 4.78 is 0. The van der Waals surface area contributed by atoms with Gasteiger partial charge in [-0.1, -0.05) is 48.5 Å². The average Bonchev–Trinajstić information content (AvgIpc) is 2.52. The van der Waals surface area contributed by atoms with Gasteiger partial charge in [0.15, 0.2) is 0 Å². The highest BCUT2D eigenvalue weighted by atomic mass is 32.2. The quantitative estimate of drug-likeness (QED) is 0.677. The first-order valence-electron chi connectivity index (χ1n) is 6.22. The Hall–Kier alpha value is -2.25. The summed E-state index contributed by atoms with van der Waals surface area (Å²) in [5.74, 6) is -0.147. The highest BCUT2D eigenvalue weighted by molar-refractivity contribution is 8.00. The van der Waals surface area contributed by atoms with Gasteiger partial charge in [0.1, 0.15) is 11.8 Å². The molecule has 0 saturated carbocycles. The summed E-state index contributed by atoms with van der Waals surface area (Å²) >= 11 is 1.48. The monoisotopic (exact) mass is 282 g/mol. The van der Waals surface area contributed by atoms with Gasteiger partial charge in [-0.25, -0.2) is 0 Å². The van der Waals surface area contributed by atoms with Crippen molar-refractivity contribution in [2.45, 2.75) is 10.1 Å². The number of benzene rings is 2. The highest BCUT2D eigenvalue weighted by Crippen LogP contribution is 2.35. The fourth-order valence-electron chi connectivity index (χ4n) is 1.76. The minimum Gasteiger partial charge on any atom is -0.342 e. The molecule has 0 aliphatic carbocycles. The van der Waals surface area contributed by atoms with Crippen LogP contribution in [-0.2, 0) is 4.79 Å². The standard InChI is InChI=1S/C16H14N2OS/c17-11-12-18-16(19)15(13-7-3-1-4-8-13)20-14-9-5-2-6-10-14/h1-10,15H,12H2,(H,18,19)/t15-/m1/s1. The molecule has 2 rings (SSSR count). The second kappa shape index (κ2) is 7.37. The number of hydrogen-bond donors (Lipinski definition) is 1. The smallest absolute Gasteiger partial charge is 0.238 e. The second-order valence-corrected chi connectivity index (χ2v) is 5.28. The van der Waals surface area contributed by atoms with Crippen LogP contribution in [0.5, 0.6) is 0 Å². The number of amides is 1. The van der Waals surface area contributed by atoms with E-state index < -0.39 is 0 Å². The van der Waals surface area contributed by atoms with Crippen LogP contribution in [0.15, 0.2) is 65.6 Å². The van der Waals surface area contributed by atoms with Gasteiger partial charge in [0.05, 0.1) is 6.07 Å². The zero-order chi connectivity index (χ0) is 14.2. The van der Waals surface area contributed by atoms with Crippen LogP contribution in [0.25, 0.3) is 0 Å². The van der Waals surface area contributed by atoms with E-state index in [4.69, 9.17) is 5.26 Å². The van der Waals surface area contributed by atoms with E-state index in [0.717, 1.165) is 10.5 Å². The largest absolute Gasteiger partial charge is 0.342 e. The lowest BCUT2D eigenvalue weighted by Crippen LogP contribution is -2.28. The van der Waals surface area contributed by atoms with Gasteiger partial charge < -0.3 is 5.32 Å². The Morgan fingerprint density at radius 3 is 2.30 bits per heavy atom. The predicted octanol–water partition coefficient (Wildman–Crippen LogP) is 3.16. The van der Waals surface area contributed by atoms with Crippen LogP contribution in [0.4, 0.5) is 0 Å². The zero-order valence-electron chi connectivity index (χ0n) is 10.8. The van der Waals surface area contributed by atoms with Crippen molar-refractivity contribution in [2.24, 2.45) is 0 Å². The molecule has 3 nitrogen and oxygen atoms in total. The minimum atomic E-state index is -0.355. The number of hydrogen-bond acceptors (Lipinski definition) is 3. The Morgan fingerprint density at radius 2 is 1.70 bits per heavy atom. The molecular weight excluding hydrogens is 268 g/mol. The molecular formula is C16H14N2OS. The van der Waals surface area contributed by atoms with Crippen LogP contribution in [0.2, 0.25) is 0 Å². The van der Waals surface area contributed by atoms with Gasteiger partial charge in [0, 0.05) is 4.90 Å². The average molecular weight is 282 g/mol. The molecule has 1 atom stereocenters. The lowest BCUT2D eigenvalue weighted by molar-refractivity contribution is -0.120. The van der Waals surface area contributed by atoms with Gasteiger partial charge in [0.2, 0.25) is 5.91 Å². The molecule has 0 unspecified atom stereocenters. The van der Waals surface area contributed by atoms with E-state index in [9.17, 15) is 4.79 Å². The molecule has 0 heterocycles. The highest BCUT2D eigenvalue weighted by Gasteiger charge is 2.21. The summed E-state index contributed by atoms with van der Waals surface area (Å²) in [6.45, 7) is 0.0253. The number of carbonyl (C=O) groups is 1. The third-order valence-electron chi connectivity index (χ3n) is 2.68. The third kappa shape index (κ3) is 3.87. The van der Waals surface area contributed by atoms with Gasteiger partial charge in [-0.05, 0) is 17.7 Å². The Bertz CT molecular complexity index is 593. The van der Waals surface area contributed by atoms with Crippen molar-refractivity contribution in [3.05, 3.63) is 66.2 Å². The van der Waals surface area contributed by atoms with E-state index in [2.05, 4.69) is 5.32 Å². The molecule has 100 valence electrons. The summed E-state index contributed by atoms with van der Waals surface area (Å²) in [7, 11) is 0. The summed E-state index contributed by atoms with van der Waals surface area (Å²) in [6, 6.07) is 21.3. The Balaban J connectivity index is 2.21. The van der Waals surface area contributed by atoms with Crippen molar-refractivity contribution in [1.29, 1.82) is 5.26 Å². The first-order chi connectivity index (χ1) is 9.81. The third-order valence-corrected chi connectivity index (χ3v) is 3.95. The molecule has 0 saturated heterocycles. The summed E-state index contributed by atoms with van der Waals surface area (Å²) in [6.07, 6.45) is 0. The van der Waals surface area contributed by atoms with Crippen LogP contribution in [0.3, 0.4) is 0 Å². The Morgan fingerprint density at radius 1 is 1.10 bits per heavy atom. The van der Waals surface area contributed by atoms with Gasteiger partial charge >= 0.3 is 0 Å². The van der Waals surface area contributed by atoms with Crippen LogP contribution < -0.4 is 5.32 Å². The van der Waals surface area contributed by atoms with E-state index in [0.29, 0.717) is 0 Å². The van der Waals surface area contributed by atoms with E-state index in [1.165, 1.54) is 11.8 Å². The molecule has 0 aromatic heterocycles. The van der Waals surface area contributed by atoms with Crippen LogP contribution >= 0.6 is 11.8 Å². The van der Waals surface area contributed by atoms with E-state index in [1.807, 2.05) is 66.7 Å². The normalized spacial score (nSPS) is 11.3. The Labute approximate surface area is 122 Å². The maximum atomic E-state index is 12.2. The molecule has 0 fully saturated rings. The van der Waals surface area contributed by atoms with Crippen LogP contribution in [0.1, 0.15) is 10.8 Å². The maximum absolute atomic E-state index is 12.2. The van der Waals surface area contributed by atoms with E-state index in [1.54, 1.807) is 0 Å². The molecule has 4 heteroatoms. The number of rotatable bonds is 5. The van der Waals surface area contributed by atoms with Crippen molar-refractivity contribution in [1.82, 2.24) is 5.32 Å². The topological polar surface area (TPSA) is 52.9 Å². The van der Waals surface area contributed by atoms with Crippen molar-refractivity contribution in [3.63, 3.8) is 0 Å². The number of thioether (sulfide) groups is 1. The molecule has 2 aromatic carbocycles. The van der Waals surface area contributed by atoms with E-state index in [-0.39, 0.29) is 17.7 Å². The number of carbonyl (C=O) groups excluding carboxylic acids is 1. The van der Waals surface area contributed by atoms with Crippen LogP contribution in [-0.4, -0.2) is 12.5 Å². The van der Waals surface area contributed by atoms with Gasteiger partial charge in [-0.3, -0.25) is 4.79 Å². The molecule has 2 aromatic rings. The molecule has 0 bridgehead atoms. The summed E-state index contributed by atoms with van der Waals surface area (Å²) in [5, 5.41) is 10.9. The molecule has 0 aliphatic rings. The fraction of sp³-hybridized carbons (Fsp3) is 0.125. The SMILES string of the molecule is N#CCNC(=O)[C@H](Sc1ccccc1)c1ccccc1. The maximum Gasteiger partial charge on any atom is 0.238 e. The molecule has 20 heavy (non-hydrogen) atoms. The first-order valence-corrected chi connectivity index (χ1v) is 7.10. The molecule has 0 aliphatic heterocycles. The van der Waals surface area contributed by atoms with E-state index >= 15 is 0 Å². The minimum absolute atomic E-state index is 0.0253. The number of nitrogens with one attached hydrogen (secondary N) is 1. The zero-order valence-corrected chi connectivity index (χ0v) is 11.6. The van der Waals surface area contributed by atoms with Crippen molar-refractivity contribution < 1.29 is 4.79 Å².